The molecule has 0 bridgehead atoms. The summed E-state index contributed by atoms with van der Waals surface area (Å²) >= 11 is 0. The van der Waals surface area contributed by atoms with Crippen LogP contribution in [0, 0.1) is 0 Å². The highest BCUT2D eigenvalue weighted by Gasteiger charge is 2.57. The number of benzene rings is 2. The summed E-state index contributed by atoms with van der Waals surface area (Å²) in [5.41, 5.74) is -7.66. The number of rotatable bonds is 8. The van der Waals surface area contributed by atoms with Gasteiger partial charge >= 0.3 is 23.9 Å². The molecule has 4 unspecified atom stereocenters. The number of fused-ring (bicyclic) bond motifs is 1. The summed E-state index contributed by atoms with van der Waals surface area (Å²) in [5, 5.41) is 49.1. The van der Waals surface area contributed by atoms with Crippen molar-refractivity contribution in [3.8, 4) is 0 Å². The maximum absolute atomic E-state index is 14.6. The molecular formula is C46H68N4O12. The molecule has 4 N–H and O–H groups in total. The normalized spacial score (nSPS) is 29.4. The predicted octanol–water partition coefficient (Wildman–Crippen LogP) is 7.55. The molecule has 62 heavy (non-hydrogen) atoms. The molecule has 0 amide bonds. The Hall–Kier alpha value is -3.74. The topological polar surface area (TPSA) is 199 Å². The minimum atomic E-state index is -1.02. The van der Waals surface area contributed by atoms with E-state index in [1.807, 2.05) is 55.4 Å². The van der Waals surface area contributed by atoms with E-state index in [4.69, 9.17) is 18.9 Å². The number of carbonyl (C=O) groups excluding carboxylic acids is 4. The van der Waals surface area contributed by atoms with Crippen molar-refractivity contribution in [2.24, 2.45) is 0 Å². The molecule has 16 nitrogen and oxygen atoms in total. The third-order valence-electron chi connectivity index (χ3n) is 14.4. The van der Waals surface area contributed by atoms with E-state index in [2.05, 4.69) is 0 Å². The molecule has 0 spiro atoms. The van der Waals surface area contributed by atoms with Gasteiger partial charge in [0.1, 0.15) is 24.4 Å². The zero-order valence-corrected chi connectivity index (χ0v) is 39.3. The lowest BCUT2D eigenvalue weighted by atomic mass is 9.93. The second-order valence-corrected chi connectivity index (χ2v) is 22.6. The van der Waals surface area contributed by atoms with E-state index in [1.54, 1.807) is 55.4 Å². The molecule has 4 heterocycles. The van der Waals surface area contributed by atoms with Crippen molar-refractivity contribution in [3.05, 3.63) is 46.5 Å². The summed E-state index contributed by atoms with van der Waals surface area (Å²) in [5.74, 6) is -3.50. The first-order chi connectivity index (χ1) is 28.0. The molecule has 4 aliphatic heterocycles. The van der Waals surface area contributed by atoms with Crippen LogP contribution in [0.2, 0.25) is 0 Å². The van der Waals surface area contributed by atoms with Crippen LogP contribution in [0.15, 0.2) is 24.3 Å². The van der Waals surface area contributed by atoms with Crippen LogP contribution in [0.4, 0.5) is 0 Å². The fourth-order valence-electron chi connectivity index (χ4n) is 10.4. The first-order valence-electron chi connectivity index (χ1n) is 21.4. The monoisotopic (exact) mass is 868 g/mol. The van der Waals surface area contributed by atoms with Crippen molar-refractivity contribution in [1.82, 2.24) is 20.3 Å². The zero-order chi connectivity index (χ0) is 46.9. The Kier molecular flexibility index (Phi) is 11.5. The van der Waals surface area contributed by atoms with Gasteiger partial charge in [0.05, 0.1) is 44.4 Å². The SMILES string of the molecule is CC1(C)CC(OC(=O)c2cc(C(=O)OC3CC(C)(C)N(O)C3(C)C)c3cc(C(=O)OC4CC(C)(C)N(O)C4(C)C)c(C(=O)OC4CC(C)(C)N(O)C4(C)C)cc3c2)C(C)(C)N1O. The Bertz CT molecular complexity index is 2170. The van der Waals surface area contributed by atoms with Gasteiger partial charge < -0.3 is 39.8 Å². The highest BCUT2D eigenvalue weighted by Crippen LogP contribution is 2.45. The largest absolute Gasteiger partial charge is 0.457 e. The molecule has 4 saturated heterocycles. The zero-order valence-electron chi connectivity index (χ0n) is 39.3. The summed E-state index contributed by atoms with van der Waals surface area (Å²) in [7, 11) is 0. The lowest BCUT2D eigenvalue weighted by Gasteiger charge is -2.35. The summed E-state index contributed by atoms with van der Waals surface area (Å²) < 4.78 is 24.5. The highest BCUT2D eigenvalue weighted by molar-refractivity contribution is 6.13. The Balaban J connectivity index is 1.51. The summed E-state index contributed by atoms with van der Waals surface area (Å²) in [6.45, 7) is 28.5. The van der Waals surface area contributed by atoms with Gasteiger partial charge in [-0.1, -0.05) is 0 Å². The van der Waals surface area contributed by atoms with Gasteiger partial charge in [-0.05, 0) is 146 Å². The van der Waals surface area contributed by atoms with Gasteiger partial charge in [-0.25, -0.2) is 19.2 Å². The second kappa shape index (κ2) is 14.9. The third-order valence-corrected chi connectivity index (χ3v) is 14.4. The number of hydrogen-bond acceptors (Lipinski definition) is 16. The van der Waals surface area contributed by atoms with Crippen LogP contribution in [0.3, 0.4) is 0 Å². The Morgan fingerprint density at radius 2 is 0.694 bits per heavy atom. The van der Waals surface area contributed by atoms with Crippen LogP contribution in [-0.2, 0) is 18.9 Å². The Morgan fingerprint density at radius 1 is 0.419 bits per heavy atom. The Morgan fingerprint density at radius 3 is 0.984 bits per heavy atom. The molecule has 0 radical (unpaired) electrons. The molecular weight excluding hydrogens is 801 g/mol. The molecule has 344 valence electrons. The van der Waals surface area contributed by atoms with Crippen LogP contribution >= 0.6 is 0 Å². The number of esters is 4. The van der Waals surface area contributed by atoms with Crippen molar-refractivity contribution < 1.29 is 59.0 Å². The maximum atomic E-state index is 14.6. The van der Waals surface area contributed by atoms with Gasteiger partial charge in [-0.2, -0.15) is 20.3 Å². The number of hydroxylamine groups is 8. The molecule has 2 aromatic carbocycles. The standard InChI is InChI=1S/C46H68N4O12/c1-39(2)21-31(43(9,10)47(39)55)59-35(51)26-17-25-18-29(37(53)61-33-23-41(5,6)49(57)45(33,13)14)30(38(54)62-34-24-42(7,8)50(58)46(34,15)16)20-27(25)28(19-26)36(52)60-32-22-40(3,4)48(56)44(32,11)12/h17-20,31-34,55-58H,21-24H2,1-16H3. The van der Waals surface area contributed by atoms with E-state index in [9.17, 15) is 40.0 Å². The second-order valence-electron chi connectivity index (χ2n) is 22.6. The van der Waals surface area contributed by atoms with Gasteiger partial charge in [0.25, 0.3) is 0 Å². The van der Waals surface area contributed by atoms with Crippen molar-refractivity contribution in [2.45, 2.75) is 205 Å². The molecule has 4 aliphatic rings. The first kappa shape index (κ1) is 47.7. The molecule has 4 atom stereocenters. The number of ether oxygens (including phenoxy) is 4. The number of hydrogen-bond donors (Lipinski definition) is 4. The molecule has 6 rings (SSSR count). The first-order valence-corrected chi connectivity index (χ1v) is 21.4. The smallest absolute Gasteiger partial charge is 0.339 e. The van der Waals surface area contributed by atoms with Gasteiger partial charge in [-0.15, -0.1) is 0 Å². The molecule has 0 aliphatic carbocycles. The van der Waals surface area contributed by atoms with Gasteiger partial charge in [0, 0.05) is 47.8 Å². The van der Waals surface area contributed by atoms with E-state index in [0.717, 1.165) is 15.2 Å². The van der Waals surface area contributed by atoms with Crippen molar-refractivity contribution in [2.75, 3.05) is 0 Å². The van der Waals surface area contributed by atoms with Gasteiger partial charge in [0.2, 0.25) is 0 Å². The molecule has 4 fully saturated rings. The summed E-state index contributed by atoms with van der Waals surface area (Å²) in [6, 6.07) is 5.48. The van der Waals surface area contributed by atoms with Crippen LogP contribution in [0.25, 0.3) is 10.8 Å². The van der Waals surface area contributed by atoms with E-state index in [0.29, 0.717) is 6.42 Å². The van der Waals surface area contributed by atoms with Crippen LogP contribution in [-0.4, -0.2) is 134 Å². The number of carbonyl (C=O) groups is 4. The number of nitrogens with zero attached hydrogens (tertiary/aromatic N) is 4. The van der Waals surface area contributed by atoms with Gasteiger partial charge in [0.15, 0.2) is 0 Å². The highest BCUT2D eigenvalue weighted by atomic mass is 16.6. The van der Waals surface area contributed by atoms with E-state index in [-0.39, 0.29) is 52.3 Å². The van der Waals surface area contributed by atoms with Gasteiger partial charge in [-0.3, -0.25) is 0 Å². The summed E-state index contributed by atoms with van der Waals surface area (Å²) in [6.07, 6.45) is -2.13. The van der Waals surface area contributed by atoms with E-state index >= 15 is 0 Å². The molecule has 2 aromatic rings. The lowest BCUT2D eigenvalue weighted by Crippen LogP contribution is -2.49. The van der Waals surface area contributed by atoms with Crippen molar-refractivity contribution in [1.29, 1.82) is 0 Å². The third kappa shape index (κ3) is 7.82. The minimum absolute atomic E-state index is 0.0635. The minimum Gasteiger partial charge on any atom is -0.457 e. The van der Waals surface area contributed by atoms with Crippen LogP contribution in [0.5, 0.6) is 0 Å². The molecule has 0 aromatic heterocycles. The van der Waals surface area contributed by atoms with E-state index < -0.39 is 92.6 Å². The quantitative estimate of drug-likeness (QED) is 0.150. The van der Waals surface area contributed by atoms with Crippen molar-refractivity contribution >= 4 is 34.6 Å². The fourth-order valence-corrected chi connectivity index (χ4v) is 10.4. The maximum Gasteiger partial charge on any atom is 0.339 e. The fraction of sp³-hybridized carbons (Fsp3) is 0.696. The van der Waals surface area contributed by atoms with Crippen LogP contribution in [0.1, 0.15) is 178 Å². The predicted molar refractivity (Wildman–Crippen MR) is 226 cm³/mol. The Labute approximate surface area is 364 Å². The molecule has 16 heteroatoms. The average molecular weight is 869 g/mol. The lowest BCUT2D eigenvalue weighted by molar-refractivity contribution is -0.201. The van der Waals surface area contributed by atoms with Crippen LogP contribution < -0.4 is 0 Å². The van der Waals surface area contributed by atoms with E-state index in [1.165, 1.54) is 29.3 Å². The van der Waals surface area contributed by atoms with Crippen molar-refractivity contribution in [3.63, 3.8) is 0 Å². The summed E-state index contributed by atoms with van der Waals surface area (Å²) in [4.78, 5) is 57.8. The molecule has 0 saturated carbocycles. The average Bonchev–Trinajstić information content (AvgIpc) is 3.56.